The molecule has 0 radical (unpaired) electrons. The van der Waals surface area contributed by atoms with E-state index in [1.807, 2.05) is 0 Å². The van der Waals surface area contributed by atoms with E-state index in [2.05, 4.69) is 0 Å². The molecule has 1 unspecified atom stereocenters. The van der Waals surface area contributed by atoms with Crippen LogP contribution < -0.4 is 0 Å². The first-order valence-electron chi connectivity index (χ1n) is 6.12. The molecule has 0 bridgehead atoms. The molecule has 0 fully saturated rings. The van der Waals surface area contributed by atoms with Crippen LogP contribution in [0.25, 0.3) is 0 Å². The highest BCUT2D eigenvalue weighted by Gasteiger charge is 2.46. The largest absolute Gasteiger partial charge is 0.394 e. The Bertz CT molecular complexity index is 362. The normalized spacial score (nSPS) is 32.4. The van der Waals surface area contributed by atoms with Crippen LogP contribution in [0.5, 0.6) is 0 Å². The molecule has 1 aliphatic rings. The zero-order valence-corrected chi connectivity index (χ0v) is 10.6. The Morgan fingerprint density at radius 1 is 1.25 bits per heavy atom. The second-order valence-electron chi connectivity index (χ2n) is 4.82. The lowest BCUT2D eigenvalue weighted by Crippen LogP contribution is -2.54. The molecule has 0 spiro atoms. The number of allylic oxidation sites excluding steroid dienone is 1. The molecular formula is C11H19NO8. The van der Waals surface area contributed by atoms with Crippen LogP contribution in [0, 0.1) is 16.0 Å². The summed E-state index contributed by atoms with van der Waals surface area (Å²) in [6.07, 6.45) is -5.89. The fourth-order valence-electron chi connectivity index (χ4n) is 2.30. The number of nitro groups is 1. The Morgan fingerprint density at radius 2 is 1.85 bits per heavy atom. The van der Waals surface area contributed by atoms with Gasteiger partial charge in [-0.1, -0.05) is 12.2 Å². The predicted molar refractivity (Wildman–Crippen MR) is 65.1 cm³/mol. The van der Waals surface area contributed by atoms with Crippen LogP contribution in [0.2, 0.25) is 0 Å². The van der Waals surface area contributed by atoms with Crippen LogP contribution >= 0.6 is 0 Å². The third-order valence-electron chi connectivity index (χ3n) is 3.49. The number of aliphatic hydroxyl groups is 6. The summed E-state index contributed by atoms with van der Waals surface area (Å²) in [6, 6.07) is -1.52. The standard InChI is InChI=1S/C11H19NO8/c13-4-7(15)10(17)11(18)9(16)5-2-1-3-6(14)8(5)12(19)20/h1,3,5-11,13-18H,2,4H2/t5-,6+,7+,8+,9?,10+,11+/m0/s1. The van der Waals surface area contributed by atoms with Gasteiger partial charge in [0.05, 0.1) is 18.6 Å². The summed E-state index contributed by atoms with van der Waals surface area (Å²) < 4.78 is 0. The summed E-state index contributed by atoms with van der Waals surface area (Å²) >= 11 is 0. The lowest BCUT2D eigenvalue weighted by molar-refractivity contribution is -0.545. The van der Waals surface area contributed by atoms with E-state index in [9.17, 15) is 35.6 Å². The molecule has 1 aliphatic carbocycles. The molecule has 9 heteroatoms. The van der Waals surface area contributed by atoms with Crippen molar-refractivity contribution in [1.29, 1.82) is 0 Å². The lowest BCUT2D eigenvalue weighted by Gasteiger charge is -2.34. The van der Waals surface area contributed by atoms with Gasteiger partial charge in [0.25, 0.3) is 0 Å². The molecule has 0 heterocycles. The Morgan fingerprint density at radius 3 is 2.35 bits per heavy atom. The van der Waals surface area contributed by atoms with Gasteiger partial charge in [0, 0.05) is 4.92 Å². The molecule has 0 saturated carbocycles. The quantitative estimate of drug-likeness (QED) is 0.171. The highest BCUT2D eigenvalue weighted by Crippen LogP contribution is 2.28. The van der Waals surface area contributed by atoms with Crippen molar-refractivity contribution in [2.24, 2.45) is 5.92 Å². The summed E-state index contributed by atoms with van der Waals surface area (Å²) in [5, 5.41) is 67.5. The number of nitrogens with zero attached hydrogens (tertiary/aromatic N) is 1. The maximum absolute atomic E-state index is 10.9. The van der Waals surface area contributed by atoms with Gasteiger partial charge in [-0.05, 0) is 6.42 Å². The van der Waals surface area contributed by atoms with Crippen molar-refractivity contribution < 1.29 is 35.6 Å². The second kappa shape index (κ2) is 7.07. The van der Waals surface area contributed by atoms with Gasteiger partial charge in [-0.2, -0.15) is 0 Å². The number of hydrogen-bond acceptors (Lipinski definition) is 8. The number of hydrogen-bond donors (Lipinski definition) is 6. The van der Waals surface area contributed by atoms with Crippen LogP contribution in [-0.4, -0.2) is 78.7 Å². The lowest BCUT2D eigenvalue weighted by atomic mass is 9.80. The summed E-state index contributed by atoms with van der Waals surface area (Å²) in [5.41, 5.74) is 0. The Hall–Kier alpha value is -1.10. The maximum atomic E-state index is 10.9. The van der Waals surface area contributed by atoms with Gasteiger partial charge < -0.3 is 30.6 Å². The van der Waals surface area contributed by atoms with Gasteiger partial charge in [0.1, 0.15) is 24.4 Å². The molecule has 20 heavy (non-hydrogen) atoms. The first-order chi connectivity index (χ1) is 9.31. The first kappa shape index (κ1) is 17.0. The highest BCUT2D eigenvalue weighted by atomic mass is 16.6. The summed E-state index contributed by atoms with van der Waals surface area (Å²) in [6.45, 7) is -0.837. The van der Waals surface area contributed by atoms with Crippen molar-refractivity contribution in [2.45, 2.75) is 43.0 Å². The third kappa shape index (κ3) is 3.51. The molecule has 0 aliphatic heterocycles. The van der Waals surface area contributed by atoms with Crippen molar-refractivity contribution >= 4 is 0 Å². The molecule has 0 aromatic heterocycles. The van der Waals surface area contributed by atoms with E-state index in [0.29, 0.717) is 0 Å². The maximum Gasteiger partial charge on any atom is 0.247 e. The van der Waals surface area contributed by atoms with E-state index in [-0.39, 0.29) is 6.42 Å². The van der Waals surface area contributed by atoms with E-state index in [0.717, 1.165) is 0 Å². The topological polar surface area (TPSA) is 165 Å². The van der Waals surface area contributed by atoms with Crippen molar-refractivity contribution in [1.82, 2.24) is 0 Å². The zero-order chi connectivity index (χ0) is 15.4. The number of aliphatic hydroxyl groups excluding tert-OH is 6. The van der Waals surface area contributed by atoms with Gasteiger partial charge >= 0.3 is 0 Å². The monoisotopic (exact) mass is 293 g/mol. The third-order valence-corrected chi connectivity index (χ3v) is 3.49. The number of rotatable bonds is 6. The highest BCUT2D eigenvalue weighted by molar-refractivity contribution is 5.05. The van der Waals surface area contributed by atoms with Crippen LogP contribution in [0.4, 0.5) is 0 Å². The fourth-order valence-corrected chi connectivity index (χ4v) is 2.30. The molecule has 0 saturated heterocycles. The first-order valence-corrected chi connectivity index (χ1v) is 6.12. The van der Waals surface area contributed by atoms with Crippen LogP contribution in [-0.2, 0) is 0 Å². The van der Waals surface area contributed by atoms with E-state index in [1.165, 1.54) is 12.2 Å². The van der Waals surface area contributed by atoms with Gasteiger partial charge in [-0.25, -0.2) is 0 Å². The molecule has 1 rings (SSSR count). The Kier molecular flexibility index (Phi) is 5.99. The summed E-state index contributed by atoms with van der Waals surface area (Å²) in [7, 11) is 0. The van der Waals surface area contributed by atoms with E-state index in [4.69, 9.17) is 5.11 Å². The Balaban J connectivity index is 2.86. The van der Waals surface area contributed by atoms with Crippen molar-refractivity contribution in [3.05, 3.63) is 22.3 Å². The summed E-state index contributed by atoms with van der Waals surface area (Å²) in [5.74, 6) is -1.12. The molecule has 0 aromatic carbocycles. The van der Waals surface area contributed by atoms with Crippen molar-refractivity contribution in [2.75, 3.05) is 6.61 Å². The molecule has 6 N–H and O–H groups in total. The van der Waals surface area contributed by atoms with Gasteiger partial charge in [0.2, 0.25) is 6.04 Å². The average molecular weight is 293 g/mol. The second-order valence-corrected chi connectivity index (χ2v) is 4.82. The fraction of sp³-hybridized carbons (Fsp3) is 0.818. The zero-order valence-electron chi connectivity index (χ0n) is 10.6. The molecule has 116 valence electrons. The molecule has 0 aromatic rings. The predicted octanol–water partition coefficient (Wildman–Crippen LogP) is -3.00. The minimum atomic E-state index is -1.89. The molecule has 9 nitrogen and oxygen atoms in total. The molecule has 0 amide bonds. The smallest absolute Gasteiger partial charge is 0.247 e. The van der Waals surface area contributed by atoms with Crippen molar-refractivity contribution in [3.8, 4) is 0 Å². The van der Waals surface area contributed by atoms with Gasteiger partial charge in [-0.15, -0.1) is 0 Å². The summed E-state index contributed by atoms with van der Waals surface area (Å²) in [4.78, 5) is 10.2. The van der Waals surface area contributed by atoms with Gasteiger partial charge in [-0.3, -0.25) is 10.1 Å². The van der Waals surface area contributed by atoms with Crippen molar-refractivity contribution in [3.63, 3.8) is 0 Å². The molecule has 7 atom stereocenters. The average Bonchev–Trinajstić information content (AvgIpc) is 2.43. The van der Waals surface area contributed by atoms with Crippen LogP contribution in [0.15, 0.2) is 12.2 Å². The molecular weight excluding hydrogens is 274 g/mol. The minimum absolute atomic E-state index is 0.0306. The van der Waals surface area contributed by atoms with E-state index in [1.54, 1.807) is 0 Å². The SMILES string of the molecule is O=[N+]([O-])[C@H]1[C@H](O)C=CC[C@@H]1C(O)[C@@H](O)[C@H](O)[C@H](O)CO. The van der Waals surface area contributed by atoms with E-state index >= 15 is 0 Å². The van der Waals surface area contributed by atoms with E-state index < -0.39 is 54.0 Å². The van der Waals surface area contributed by atoms with Gasteiger partial charge in [0.15, 0.2) is 0 Å². The van der Waals surface area contributed by atoms with Crippen LogP contribution in [0.1, 0.15) is 6.42 Å². The Labute approximate surface area is 114 Å². The van der Waals surface area contributed by atoms with Crippen LogP contribution in [0.3, 0.4) is 0 Å². The minimum Gasteiger partial charge on any atom is -0.394 e.